The number of aromatic nitrogens is 3. The summed E-state index contributed by atoms with van der Waals surface area (Å²) in [5.74, 6) is 1.27. The molecule has 0 fully saturated rings. The minimum atomic E-state index is -0.119. The van der Waals surface area contributed by atoms with Crippen molar-refractivity contribution in [3.8, 4) is 0 Å². The van der Waals surface area contributed by atoms with Gasteiger partial charge in [0.05, 0.1) is 20.9 Å². The molecular weight excluding hydrogens is 400 g/mol. The Bertz CT molecular complexity index is 861. The van der Waals surface area contributed by atoms with Gasteiger partial charge in [-0.25, -0.2) is 4.98 Å². The number of ketones is 1. The van der Waals surface area contributed by atoms with Crippen LogP contribution in [0.4, 0.5) is 5.00 Å². The van der Waals surface area contributed by atoms with Crippen molar-refractivity contribution in [2.45, 2.75) is 13.5 Å². The zero-order chi connectivity index (χ0) is 16.4. The summed E-state index contributed by atoms with van der Waals surface area (Å²) in [5, 5.41) is 11.3. The highest BCUT2D eigenvalue weighted by molar-refractivity contribution is 9.11. The molecule has 3 aromatic rings. The van der Waals surface area contributed by atoms with Crippen molar-refractivity contribution in [2.75, 3.05) is 5.32 Å². The summed E-state index contributed by atoms with van der Waals surface area (Å²) in [6, 6.07) is 8.82. The average molecular weight is 412 g/mol. The molecule has 0 bridgehead atoms. The quantitative estimate of drug-likeness (QED) is 0.609. The molecule has 2 heterocycles. The van der Waals surface area contributed by atoms with Gasteiger partial charge in [0, 0.05) is 5.56 Å². The number of hydrogen-bond acceptors (Lipinski definition) is 5. The van der Waals surface area contributed by atoms with Crippen LogP contribution in [0, 0.1) is 6.92 Å². The van der Waals surface area contributed by atoms with E-state index in [9.17, 15) is 4.79 Å². The lowest BCUT2D eigenvalue weighted by Crippen LogP contribution is -2.06. The maximum Gasteiger partial charge on any atom is 0.197 e. The molecule has 0 aliphatic heterocycles. The van der Waals surface area contributed by atoms with Crippen LogP contribution in [0.5, 0.6) is 0 Å². The summed E-state index contributed by atoms with van der Waals surface area (Å²) >= 11 is 11.0. The predicted octanol–water partition coefficient (Wildman–Crippen LogP) is 4.43. The Balaban J connectivity index is 1.85. The number of halogens is 2. The van der Waals surface area contributed by atoms with Crippen LogP contribution in [-0.4, -0.2) is 21.0 Å². The van der Waals surface area contributed by atoms with Gasteiger partial charge < -0.3 is 5.32 Å². The van der Waals surface area contributed by atoms with Gasteiger partial charge in [-0.3, -0.25) is 9.89 Å². The van der Waals surface area contributed by atoms with Gasteiger partial charge in [-0.1, -0.05) is 23.7 Å². The monoisotopic (exact) mass is 410 g/mol. The summed E-state index contributed by atoms with van der Waals surface area (Å²) in [7, 11) is 0. The van der Waals surface area contributed by atoms with Crippen molar-refractivity contribution in [3.05, 3.63) is 61.9 Å². The van der Waals surface area contributed by atoms with Crippen molar-refractivity contribution in [1.82, 2.24) is 15.2 Å². The van der Waals surface area contributed by atoms with Crippen molar-refractivity contribution in [1.29, 1.82) is 0 Å². The summed E-state index contributed by atoms with van der Waals surface area (Å²) in [6.07, 6.45) is 0. The number of nitrogens with zero attached hydrogens (tertiary/aromatic N) is 2. The molecule has 8 heteroatoms. The first kappa shape index (κ1) is 16.2. The Kier molecular flexibility index (Phi) is 4.79. The van der Waals surface area contributed by atoms with Gasteiger partial charge in [-0.05, 0) is 41.1 Å². The number of thiophene rings is 1. The standard InChI is InChI=1S/C15H12BrClN4OS/c1-8-19-13(21-20-8)7-18-15-10(6-12(16)23-15)14(22)9-4-2-3-5-11(9)17/h2-6,18H,7H2,1H3,(H,19,20,21). The van der Waals surface area contributed by atoms with Crippen LogP contribution < -0.4 is 5.32 Å². The number of hydrogen-bond donors (Lipinski definition) is 2. The predicted molar refractivity (Wildman–Crippen MR) is 95.3 cm³/mol. The van der Waals surface area contributed by atoms with Crippen LogP contribution in [0.15, 0.2) is 34.1 Å². The Hall–Kier alpha value is -1.70. The number of nitrogens with one attached hydrogen (secondary N) is 2. The average Bonchev–Trinajstić information content (AvgIpc) is 3.10. The van der Waals surface area contributed by atoms with Crippen molar-refractivity contribution >= 4 is 49.7 Å². The normalized spacial score (nSPS) is 10.7. The topological polar surface area (TPSA) is 70.7 Å². The number of carbonyl (C=O) groups is 1. The van der Waals surface area contributed by atoms with Crippen LogP contribution >= 0.6 is 38.9 Å². The lowest BCUT2D eigenvalue weighted by atomic mass is 10.1. The van der Waals surface area contributed by atoms with Crippen LogP contribution in [0.25, 0.3) is 0 Å². The van der Waals surface area contributed by atoms with E-state index < -0.39 is 0 Å². The minimum absolute atomic E-state index is 0.119. The molecule has 2 N–H and O–H groups in total. The highest BCUT2D eigenvalue weighted by Gasteiger charge is 2.19. The molecular formula is C15H12BrClN4OS. The van der Waals surface area contributed by atoms with E-state index in [0.29, 0.717) is 28.5 Å². The summed E-state index contributed by atoms with van der Waals surface area (Å²) in [4.78, 5) is 17.0. The van der Waals surface area contributed by atoms with Crippen molar-refractivity contribution in [3.63, 3.8) is 0 Å². The Labute approximate surface area is 150 Å². The fourth-order valence-electron chi connectivity index (χ4n) is 2.08. The molecule has 0 radical (unpaired) electrons. The van der Waals surface area contributed by atoms with Gasteiger partial charge in [-0.15, -0.1) is 11.3 Å². The van der Waals surface area contributed by atoms with Crippen LogP contribution in [0.1, 0.15) is 27.6 Å². The third-order valence-electron chi connectivity index (χ3n) is 3.12. The zero-order valence-corrected chi connectivity index (χ0v) is 15.2. The second-order valence-corrected chi connectivity index (χ2v) is 7.63. The van der Waals surface area contributed by atoms with E-state index in [-0.39, 0.29) is 5.78 Å². The summed E-state index contributed by atoms with van der Waals surface area (Å²) in [5.41, 5.74) is 1.05. The smallest absolute Gasteiger partial charge is 0.197 e. The summed E-state index contributed by atoms with van der Waals surface area (Å²) in [6.45, 7) is 2.27. The second-order valence-electron chi connectivity index (χ2n) is 4.79. The van der Waals surface area contributed by atoms with Crippen LogP contribution in [0.3, 0.4) is 0 Å². The number of rotatable bonds is 5. The maximum absolute atomic E-state index is 12.7. The molecule has 0 amide bonds. The van der Waals surface area contributed by atoms with Crippen molar-refractivity contribution < 1.29 is 4.79 Å². The fourth-order valence-corrected chi connectivity index (χ4v) is 3.79. The second kappa shape index (κ2) is 6.82. The molecule has 0 spiro atoms. The lowest BCUT2D eigenvalue weighted by Gasteiger charge is -2.06. The molecule has 5 nitrogen and oxygen atoms in total. The van der Waals surface area contributed by atoms with Crippen LogP contribution in [-0.2, 0) is 6.54 Å². The highest BCUT2D eigenvalue weighted by atomic mass is 79.9. The Morgan fingerprint density at radius 2 is 2.17 bits per heavy atom. The van der Waals surface area contributed by atoms with Crippen molar-refractivity contribution in [2.24, 2.45) is 0 Å². The molecule has 1 aromatic carbocycles. The first-order valence-corrected chi connectivity index (χ1v) is 8.73. The molecule has 0 aliphatic carbocycles. The van der Waals surface area contributed by atoms with E-state index in [1.54, 1.807) is 30.3 Å². The number of carbonyl (C=O) groups excluding carboxylic acids is 1. The van der Waals surface area contributed by atoms with Gasteiger partial charge >= 0.3 is 0 Å². The zero-order valence-electron chi connectivity index (χ0n) is 12.1. The molecule has 0 atom stereocenters. The van der Waals surface area contributed by atoms with E-state index in [2.05, 4.69) is 36.4 Å². The Morgan fingerprint density at radius 3 is 2.87 bits per heavy atom. The molecule has 23 heavy (non-hydrogen) atoms. The van der Waals surface area contributed by atoms with Gasteiger partial charge in [0.2, 0.25) is 0 Å². The third kappa shape index (κ3) is 3.63. The molecule has 3 rings (SSSR count). The highest BCUT2D eigenvalue weighted by Crippen LogP contribution is 2.34. The van der Waals surface area contributed by atoms with E-state index in [0.717, 1.165) is 14.6 Å². The van der Waals surface area contributed by atoms with Gasteiger partial charge in [0.25, 0.3) is 0 Å². The maximum atomic E-state index is 12.7. The lowest BCUT2D eigenvalue weighted by molar-refractivity contribution is 0.104. The number of benzene rings is 1. The third-order valence-corrected chi connectivity index (χ3v) is 5.04. The molecule has 118 valence electrons. The van der Waals surface area contributed by atoms with E-state index >= 15 is 0 Å². The molecule has 0 unspecified atom stereocenters. The molecule has 2 aromatic heterocycles. The number of aromatic amines is 1. The van der Waals surface area contributed by atoms with E-state index in [4.69, 9.17) is 11.6 Å². The van der Waals surface area contributed by atoms with E-state index in [1.165, 1.54) is 11.3 Å². The minimum Gasteiger partial charge on any atom is -0.369 e. The van der Waals surface area contributed by atoms with Gasteiger partial charge in [0.1, 0.15) is 10.8 Å². The van der Waals surface area contributed by atoms with Crippen LogP contribution in [0.2, 0.25) is 5.02 Å². The molecule has 0 aliphatic rings. The largest absolute Gasteiger partial charge is 0.369 e. The summed E-state index contributed by atoms with van der Waals surface area (Å²) < 4.78 is 0.863. The molecule has 0 saturated heterocycles. The van der Waals surface area contributed by atoms with Gasteiger partial charge in [0.15, 0.2) is 11.6 Å². The SMILES string of the molecule is Cc1nc(CNc2sc(Br)cc2C(=O)c2ccccc2Cl)n[nH]1. The number of anilines is 1. The molecule has 0 saturated carbocycles. The Morgan fingerprint density at radius 1 is 1.39 bits per heavy atom. The number of aryl methyl sites for hydroxylation is 1. The first-order valence-electron chi connectivity index (χ1n) is 6.75. The van der Waals surface area contributed by atoms with Gasteiger partial charge in [-0.2, -0.15) is 5.10 Å². The van der Waals surface area contributed by atoms with E-state index in [1.807, 2.05) is 6.92 Å². The number of H-pyrrole nitrogens is 1. The fraction of sp³-hybridized carbons (Fsp3) is 0.133. The first-order chi connectivity index (χ1) is 11.0.